The van der Waals surface area contributed by atoms with Crippen LogP contribution in [0.25, 0.3) is 0 Å². The summed E-state index contributed by atoms with van der Waals surface area (Å²) in [5.74, 6) is 0. The molecule has 2 aliphatic heterocycles. The maximum atomic E-state index is 3.67. The summed E-state index contributed by atoms with van der Waals surface area (Å²) < 4.78 is 0. The normalized spacial score (nSPS) is 26.5. The summed E-state index contributed by atoms with van der Waals surface area (Å²) >= 11 is 0. The summed E-state index contributed by atoms with van der Waals surface area (Å²) in [4.78, 5) is 5.27. The van der Waals surface area contributed by atoms with Crippen LogP contribution in [0.2, 0.25) is 0 Å². The van der Waals surface area contributed by atoms with E-state index in [2.05, 4.69) is 29.0 Å². The molecule has 0 saturated carbocycles. The Morgan fingerprint density at radius 1 is 1.11 bits per heavy atom. The van der Waals surface area contributed by atoms with Crippen LogP contribution in [0.5, 0.6) is 0 Å². The van der Waals surface area contributed by atoms with Crippen molar-refractivity contribution < 1.29 is 0 Å². The van der Waals surface area contributed by atoms with Crippen LogP contribution in [0.1, 0.15) is 46.0 Å². The highest BCUT2D eigenvalue weighted by molar-refractivity contribution is 4.83. The molecule has 0 aromatic heterocycles. The average molecular weight is 253 g/mol. The molecule has 0 spiro atoms. The van der Waals surface area contributed by atoms with E-state index in [9.17, 15) is 0 Å². The van der Waals surface area contributed by atoms with Crippen LogP contribution in [-0.2, 0) is 0 Å². The molecule has 18 heavy (non-hydrogen) atoms. The topological polar surface area (TPSA) is 18.5 Å². The van der Waals surface area contributed by atoms with Crippen molar-refractivity contribution in [2.24, 2.45) is 0 Å². The lowest BCUT2D eigenvalue weighted by Gasteiger charge is -2.28. The maximum Gasteiger partial charge on any atom is 0.0223 e. The lowest BCUT2D eigenvalue weighted by Crippen LogP contribution is -2.42. The molecule has 1 N–H and O–H groups in total. The van der Waals surface area contributed by atoms with Crippen molar-refractivity contribution in [2.75, 3.05) is 39.3 Å². The second kappa shape index (κ2) is 7.46. The minimum absolute atomic E-state index is 0.712. The van der Waals surface area contributed by atoms with Crippen molar-refractivity contribution in [3.63, 3.8) is 0 Å². The third kappa shape index (κ3) is 4.22. The molecule has 2 rings (SSSR count). The largest absolute Gasteiger partial charge is 0.315 e. The van der Waals surface area contributed by atoms with Crippen LogP contribution in [-0.4, -0.2) is 61.2 Å². The van der Waals surface area contributed by atoms with Crippen LogP contribution in [0.15, 0.2) is 0 Å². The highest BCUT2D eigenvalue weighted by Crippen LogP contribution is 2.19. The van der Waals surface area contributed by atoms with E-state index < -0.39 is 0 Å². The molecule has 2 fully saturated rings. The van der Waals surface area contributed by atoms with Gasteiger partial charge in [0.05, 0.1) is 0 Å². The van der Waals surface area contributed by atoms with Gasteiger partial charge >= 0.3 is 0 Å². The second-order valence-electron chi connectivity index (χ2n) is 6.23. The number of rotatable bonds is 7. The van der Waals surface area contributed by atoms with Gasteiger partial charge in [0, 0.05) is 18.6 Å². The Balaban J connectivity index is 1.52. The van der Waals surface area contributed by atoms with Gasteiger partial charge in [-0.3, -0.25) is 4.90 Å². The van der Waals surface area contributed by atoms with Crippen LogP contribution >= 0.6 is 0 Å². The van der Waals surface area contributed by atoms with E-state index in [-0.39, 0.29) is 0 Å². The van der Waals surface area contributed by atoms with Crippen molar-refractivity contribution in [1.29, 1.82) is 0 Å². The number of hydrogen-bond donors (Lipinski definition) is 1. The molecule has 1 unspecified atom stereocenters. The quantitative estimate of drug-likeness (QED) is 0.700. The van der Waals surface area contributed by atoms with Crippen molar-refractivity contribution in [3.05, 3.63) is 0 Å². The van der Waals surface area contributed by atoms with Gasteiger partial charge in [-0.25, -0.2) is 0 Å². The smallest absolute Gasteiger partial charge is 0.0223 e. The fraction of sp³-hybridized carbons (Fsp3) is 1.00. The van der Waals surface area contributed by atoms with E-state index in [1.165, 1.54) is 71.4 Å². The molecule has 2 saturated heterocycles. The Hall–Kier alpha value is -0.120. The fourth-order valence-electron chi connectivity index (χ4n) is 3.46. The maximum absolute atomic E-state index is 3.67. The third-order valence-electron chi connectivity index (χ3n) is 4.49. The average Bonchev–Trinajstić information content (AvgIpc) is 2.98. The van der Waals surface area contributed by atoms with Gasteiger partial charge in [0.1, 0.15) is 0 Å². The lowest BCUT2D eigenvalue weighted by molar-refractivity contribution is 0.199. The zero-order valence-electron chi connectivity index (χ0n) is 12.3. The lowest BCUT2D eigenvalue weighted by atomic mass is 10.2. The molecule has 2 aliphatic rings. The summed E-state index contributed by atoms with van der Waals surface area (Å²) in [5.41, 5.74) is 0. The van der Waals surface area contributed by atoms with Gasteiger partial charge in [0.2, 0.25) is 0 Å². The molecule has 3 nitrogen and oxygen atoms in total. The van der Waals surface area contributed by atoms with Crippen molar-refractivity contribution >= 4 is 0 Å². The number of hydrogen-bond acceptors (Lipinski definition) is 3. The molecule has 0 bridgehead atoms. The standard InChI is InChI=1S/C15H31N3/c1-14(2)18-12-5-7-15(18)13-16-8-6-11-17-9-3-4-10-17/h14-16H,3-13H2,1-2H3. The minimum Gasteiger partial charge on any atom is -0.315 e. The van der Waals surface area contributed by atoms with Crippen LogP contribution in [0, 0.1) is 0 Å². The molecule has 0 amide bonds. The van der Waals surface area contributed by atoms with E-state index in [0.29, 0.717) is 6.04 Å². The predicted molar refractivity (Wildman–Crippen MR) is 78.0 cm³/mol. The summed E-state index contributed by atoms with van der Waals surface area (Å²) in [6.07, 6.45) is 6.92. The van der Waals surface area contributed by atoms with Gasteiger partial charge in [-0.2, -0.15) is 0 Å². The van der Waals surface area contributed by atoms with Crippen molar-refractivity contribution in [2.45, 2.75) is 58.0 Å². The third-order valence-corrected chi connectivity index (χ3v) is 4.49. The number of likely N-dealkylation sites (tertiary alicyclic amines) is 2. The zero-order valence-corrected chi connectivity index (χ0v) is 12.3. The molecule has 0 aromatic carbocycles. The zero-order chi connectivity index (χ0) is 12.8. The number of nitrogens with one attached hydrogen (secondary N) is 1. The van der Waals surface area contributed by atoms with Gasteiger partial charge in [-0.05, 0) is 78.7 Å². The second-order valence-corrected chi connectivity index (χ2v) is 6.23. The first-order chi connectivity index (χ1) is 8.77. The molecule has 3 heteroatoms. The van der Waals surface area contributed by atoms with E-state index in [0.717, 1.165) is 6.04 Å². The van der Waals surface area contributed by atoms with Gasteiger partial charge in [0.15, 0.2) is 0 Å². The monoisotopic (exact) mass is 253 g/mol. The SMILES string of the molecule is CC(C)N1CCCC1CNCCCN1CCCC1. The summed E-state index contributed by atoms with van der Waals surface area (Å²) in [6.45, 7) is 12.3. The molecule has 0 radical (unpaired) electrons. The van der Waals surface area contributed by atoms with Gasteiger partial charge in [-0.1, -0.05) is 0 Å². The van der Waals surface area contributed by atoms with Gasteiger partial charge < -0.3 is 10.2 Å². The molecular weight excluding hydrogens is 222 g/mol. The van der Waals surface area contributed by atoms with Crippen molar-refractivity contribution in [1.82, 2.24) is 15.1 Å². The van der Waals surface area contributed by atoms with Crippen LogP contribution in [0.3, 0.4) is 0 Å². The first kappa shape index (κ1) is 14.3. The van der Waals surface area contributed by atoms with Gasteiger partial charge in [-0.15, -0.1) is 0 Å². The highest BCUT2D eigenvalue weighted by atomic mass is 15.2. The van der Waals surface area contributed by atoms with E-state index in [1.807, 2.05) is 0 Å². The van der Waals surface area contributed by atoms with Crippen molar-refractivity contribution in [3.8, 4) is 0 Å². The Morgan fingerprint density at radius 2 is 1.89 bits per heavy atom. The number of nitrogens with zero attached hydrogens (tertiary/aromatic N) is 2. The minimum atomic E-state index is 0.712. The molecule has 2 heterocycles. The Bertz CT molecular complexity index is 224. The fourth-order valence-corrected chi connectivity index (χ4v) is 3.46. The van der Waals surface area contributed by atoms with E-state index >= 15 is 0 Å². The predicted octanol–water partition coefficient (Wildman–Crippen LogP) is 1.93. The summed E-state index contributed by atoms with van der Waals surface area (Å²) in [5, 5.41) is 3.67. The molecule has 1 atom stereocenters. The molecule has 0 aliphatic carbocycles. The van der Waals surface area contributed by atoms with Crippen LogP contribution in [0.4, 0.5) is 0 Å². The van der Waals surface area contributed by atoms with E-state index in [1.54, 1.807) is 0 Å². The first-order valence-corrected chi connectivity index (χ1v) is 7.96. The van der Waals surface area contributed by atoms with Crippen LogP contribution < -0.4 is 5.32 Å². The molecular formula is C15H31N3. The summed E-state index contributed by atoms with van der Waals surface area (Å²) in [6, 6.07) is 1.50. The Kier molecular flexibility index (Phi) is 5.93. The summed E-state index contributed by atoms with van der Waals surface area (Å²) in [7, 11) is 0. The molecule has 106 valence electrons. The van der Waals surface area contributed by atoms with E-state index in [4.69, 9.17) is 0 Å². The molecule has 0 aromatic rings. The Labute approximate surface area is 113 Å². The highest BCUT2D eigenvalue weighted by Gasteiger charge is 2.25. The Morgan fingerprint density at radius 3 is 2.61 bits per heavy atom. The first-order valence-electron chi connectivity index (χ1n) is 7.96. The van der Waals surface area contributed by atoms with Gasteiger partial charge in [0.25, 0.3) is 0 Å².